The fraction of sp³-hybridized carbons (Fsp3) is 0.600. The minimum absolute atomic E-state index is 0.155. The van der Waals surface area contributed by atoms with E-state index in [9.17, 15) is 5.11 Å². The Kier molecular flexibility index (Phi) is 7.38. The van der Waals surface area contributed by atoms with E-state index in [0.717, 1.165) is 18.6 Å². The van der Waals surface area contributed by atoms with Gasteiger partial charge >= 0.3 is 0 Å². The molecule has 0 spiro atoms. The fourth-order valence-corrected chi connectivity index (χ4v) is 2.78. The van der Waals surface area contributed by atoms with Crippen molar-refractivity contribution in [1.82, 2.24) is 0 Å². The van der Waals surface area contributed by atoms with Crippen LogP contribution in [0.15, 0.2) is 29.2 Å². The average molecular weight is 252 g/mol. The standard InChI is InChI=1S/C15H24OS/c1-3-4-5-6-9-14(16)12-17-15-10-7-8-13(2)11-15/h7-8,10-11,14,16H,3-6,9,12H2,1-2H3. The Morgan fingerprint density at radius 1 is 1.24 bits per heavy atom. The highest BCUT2D eigenvalue weighted by atomic mass is 32.2. The summed E-state index contributed by atoms with van der Waals surface area (Å²) < 4.78 is 0. The first-order valence-electron chi connectivity index (χ1n) is 6.60. The van der Waals surface area contributed by atoms with Crippen LogP contribution >= 0.6 is 11.8 Å². The highest BCUT2D eigenvalue weighted by molar-refractivity contribution is 7.99. The van der Waals surface area contributed by atoms with Crippen LogP contribution in [0.3, 0.4) is 0 Å². The predicted octanol–water partition coefficient (Wildman–Crippen LogP) is 4.42. The van der Waals surface area contributed by atoms with Crippen molar-refractivity contribution in [3.63, 3.8) is 0 Å². The van der Waals surface area contributed by atoms with Gasteiger partial charge in [-0.2, -0.15) is 0 Å². The first-order valence-corrected chi connectivity index (χ1v) is 7.58. The quantitative estimate of drug-likeness (QED) is 0.546. The van der Waals surface area contributed by atoms with E-state index < -0.39 is 0 Å². The summed E-state index contributed by atoms with van der Waals surface area (Å²) in [5, 5.41) is 9.86. The van der Waals surface area contributed by atoms with E-state index in [1.54, 1.807) is 11.8 Å². The van der Waals surface area contributed by atoms with Gasteiger partial charge in [0.05, 0.1) is 6.10 Å². The second-order valence-corrected chi connectivity index (χ2v) is 5.72. The molecule has 2 heteroatoms. The molecule has 0 aliphatic carbocycles. The molecule has 1 N–H and O–H groups in total. The Labute approximate surface area is 110 Å². The smallest absolute Gasteiger partial charge is 0.0634 e. The Balaban J connectivity index is 2.17. The van der Waals surface area contributed by atoms with Crippen LogP contribution in [0.1, 0.15) is 44.6 Å². The number of rotatable bonds is 8. The van der Waals surface area contributed by atoms with Crippen molar-refractivity contribution in [3.8, 4) is 0 Å². The van der Waals surface area contributed by atoms with E-state index in [2.05, 4.69) is 38.1 Å². The first kappa shape index (κ1) is 14.6. The normalized spacial score (nSPS) is 12.6. The molecule has 1 atom stereocenters. The van der Waals surface area contributed by atoms with Crippen LogP contribution in [0.4, 0.5) is 0 Å². The molecule has 1 aromatic rings. The lowest BCUT2D eigenvalue weighted by Gasteiger charge is -2.10. The van der Waals surface area contributed by atoms with Crippen molar-refractivity contribution in [2.24, 2.45) is 0 Å². The second kappa shape index (κ2) is 8.60. The molecule has 1 rings (SSSR count). The Morgan fingerprint density at radius 3 is 2.76 bits per heavy atom. The van der Waals surface area contributed by atoms with Crippen LogP contribution in [0.5, 0.6) is 0 Å². The molecule has 0 heterocycles. The van der Waals surface area contributed by atoms with Crippen LogP contribution in [0.25, 0.3) is 0 Å². The third-order valence-electron chi connectivity index (χ3n) is 2.82. The Hall–Kier alpha value is -0.470. The summed E-state index contributed by atoms with van der Waals surface area (Å²) in [7, 11) is 0. The van der Waals surface area contributed by atoms with Crippen molar-refractivity contribution < 1.29 is 5.11 Å². The summed E-state index contributed by atoms with van der Waals surface area (Å²) >= 11 is 1.76. The van der Waals surface area contributed by atoms with Crippen molar-refractivity contribution in [3.05, 3.63) is 29.8 Å². The summed E-state index contributed by atoms with van der Waals surface area (Å²) in [6.45, 7) is 4.31. The van der Waals surface area contributed by atoms with E-state index in [4.69, 9.17) is 0 Å². The summed E-state index contributed by atoms with van der Waals surface area (Å²) in [6, 6.07) is 8.46. The monoisotopic (exact) mass is 252 g/mol. The molecule has 0 radical (unpaired) electrons. The number of unbranched alkanes of at least 4 members (excludes halogenated alkanes) is 3. The highest BCUT2D eigenvalue weighted by Gasteiger charge is 2.04. The van der Waals surface area contributed by atoms with Crippen molar-refractivity contribution in [2.45, 2.75) is 57.0 Å². The molecule has 0 aromatic heterocycles. The summed E-state index contributed by atoms with van der Waals surface area (Å²) in [4.78, 5) is 1.26. The number of aryl methyl sites for hydroxylation is 1. The number of thioether (sulfide) groups is 1. The Morgan fingerprint density at radius 2 is 2.06 bits per heavy atom. The van der Waals surface area contributed by atoms with Gasteiger partial charge < -0.3 is 5.11 Å². The third kappa shape index (κ3) is 6.75. The zero-order valence-corrected chi connectivity index (χ0v) is 11.8. The minimum atomic E-state index is -0.155. The first-order chi connectivity index (χ1) is 8.22. The zero-order chi connectivity index (χ0) is 12.5. The van der Waals surface area contributed by atoms with E-state index in [-0.39, 0.29) is 6.10 Å². The number of hydrogen-bond acceptors (Lipinski definition) is 2. The number of benzene rings is 1. The average Bonchev–Trinajstić information content (AvgIpc) is 2.32. The van der Waals surface area contributed by atoms with Gasteiger partial charge in [0.15, 0.2) is 0 Å². The van der Waals surface area contributed by atoms with Crippen molar-refractivity contribution >= 4 is 11.8 Å². The van der Waals surface area contributed by atoms with Gasteiger partial charge in [-0.3, -0.25) is 0 Å². The molecule has 0 aliphatic rings. The molecule has 1 unspecified atom stereocenters. The Bertz CT molecular complexity index is 312. The molecule has 0 saturated carbocycles. The number of aliphatic hydroxyl groups is 1. The lowest BCUT2D eigenvalue weighted by atomic mass is 10.1. The van der Waals surface area contributed by atoms with E-state index in [0.29, 0.717) is 0 Å². The molecular weight excluding hydrogens is 228 g/mol. The predicted molar refractivity (Wildman–Crippen MR) is 76.7 cm³/mol. The molecule has 96 valence electrons. The van der Waals surface area contributed by atoms with Crippen LogP contribution in [-0.4, -0.2) is 17.0 Å². The van der Waals surface area contributed by atoms with Gasteiger partial charge in [0.2, 0.25) is 0 Å². The molecule has 0 saturated heterocycles. The largest absolute Gasteiger partial charge is 0.392 e. The van der Waals surface area contributed by atoms with Gasteiger partial charge in [0.1, 0.15) is 0 Å². The zero-order valence-electron chi connectivity index (χ0n) is 11.0. The molecule has 17 heavy (non-hydrogen) atoms. The fourth-order valence-electron chi connectivity index (χ4n) is 1.79. The SMILES string of the molecule is CCCCCCC(O)CSc1cccc(C)c1. The van der Waals surface area contributed by atoms with E-state index in [1.807, 2.05) is 0 Å². The van der Waals surface area contributed by atoms with Gasteiger partial charge in [-0.15, -0.1) is 11.8 Å². The van der Waals surface area contributed by atoms with E-state index >= 15 is 0 Å². The summed E-state index contributed by atoms with van der Waals surface area (Å²) in [5.74, 6) is 0.815. The molecule has 0 amide bonds. The molecular formula is C15H24OS. The summed E-state index contributed by atoms with van der Waals surface area (Å²) in [5.41, 5.74) is 1.28. The molecule has 0 fully saturated rings. The lowest BCUT2D eigenvalue weighted by molar-refractivity contribution is 0.185. The van der Waals surface area contributed by atoms with Gasteiger partial charge in [-0.05, 0) is 25.5 Å². The topological polar surface area (TPSA) is 20.2 Å². The van der Waals surface area contributed by atoms with Crippen molar-refractivity contribution in [1.29, 1.82) is 0 Å². The second-order valence-electron chi connectivity index (χ2n) is 4.63. The summed E-state index contributed by atoms with van der Waals surface area (Å²) in [6.07, 6.45) is 5.74. The van der Waals surface area contributed by atoms with Crippen LogP contribution in [0.2, 0.25) is 0 Å². The molecule has 1 aromatic carbocycles. The molecule has 0 aliphatic heterocycles. The van der Waals surface area contributed by atoms with Crippen LogP contribution < -0.4 is 0 Å². The minimum Gasteiger partial charge on any atom is -0.392 e. The molecule has 0 bridgehead atoms. The maximum Gasteiger partial charge on any atom is 0.0634 e. The van der Waals surface area contributed by atoms with Gasteiger partial charge in [0.25, 0.3) is 0 Å². The van der Waals surface area contributed by atoms with Crippen LogP contribution in [0, 0.1) is 6.92 Å². The van der Waals surface area contributed by atoms with Crippen LogP contribution in [-0.2, 0) is 0 Å². The van der Waals surface area contributed by atoms with Gasteiger partial charge in [-0.25, -0.2) is 0 Å². The van der Waals surface area contributed by atoms with Crippen molar-refractivity contribution in [2.75, 3.05) is 5.75 Å². The van der Waals surface area contributed by atoms with E-state index in [1.165, 1.54) is 29.7 Å². The third-order valence-corrected chi connectivity index (χ3v) is 3.96. The number of hydrogen-bond donors (Lipinski definition) is 1. The van der Waals surface area contributed by atoms with Gasteiger partial charge in [0, 0.05) is 10.6 Å². The maximum atomic E-state index is 9.86. The van der Waals surface area contributed by atoms with Gasteiger partial charge in [-0.1, -0.05) is 50.3 Å². The number of aliphatic hydroxyl groups excluding tert-OH is 1. The lowest BCUT2D eigenvalue weighted by Crippen LogP contribution is -2.09. The maximum absolute atomic E-state index is 9.86. The molecule has 1 nitrogen and oxygen atoms in total. The highest BCUT2D eigenvalue weighted by Crippen LogP contribution is 2.21.